The van der Waals surface area contributed by atoms with E-state index in [4.69, 9.17) is 0 Å². The smallest absolute Gasteiger partial charge is 0.492 e. The van der Waals surface area contributed by atoms with E-state index in [1.165, 1.54) is 12.3 Å². The molecule has 0 saturated heterocycles. The monoisotopic (exact) mass is 320 g/mol. The van der Waals surface area contributed by atoms with E-state index >= 15 is 0 Å². The Morgan fingerprint density at radius 2 is 1.89 bits per heavy atom. The molecule has 1 unspecified atom stereocenters. The normalized spacial score (nSPS) is 14.1. The lowest BCUT2D eigenvalue weighted by Crippen LogP contribution is -2.45. The minimum absolute atomic E-state index is 0.566. The molecular formula is C4H5N2O9PS2. The lowest BCUT2D eigenvalue weighted by Gasteiger charge is -2.06. The van der Waals surface area contributed by atoms with Gasteiger partial charge in [-0.05, 0) is 4.73 Å². The van der Waals surface area contributed by atoms with Gasteiger partial charge < -0.3 is 4.55 Å². The number of hydrogen-bond acceptors (Lipinski definition) is 10. The van der Waals surface area contributed by atoms with Crippen molar-refractivity contribution in [3.05, 3.63) is 24.8 Å². The third kappa shape index (κ3) is 6.00. The van der Waals surface area contributed by atoms with Crippen molar-refractivity contribution >= 4 is 29.1 Å². The van der Waals surface area contributed by atoms with Gasteiger partial charge in [0.15, 0.2) is 0 Å². The summed E-state index contributed by atoms with van der Waals surface area (Å²) in [6.45, 7) is 0. The quantitative estimate of drug-likeness (QED) is 0.247. The molecule has 0 N–H and O–H groups in total. The van der Waals surface area contributed by atoms with Gasteiger partial charge in [0.25, 0.3) is 0 Å². The van der Waals surface area contributed by atoms with E-state index in [1.807, 2.05) is 0 Å². The summed E-state index contributed by atoms with van der Waals surface area (Å²) in [7, 11) is -14.3. The van der Waals surface area contributed by atoms with Gasteiger partial charge in [-0.2, -0.15) is 20.6 Å². The molecule has 0 aliphatic rings. The molecular weight excluding hydrogens is 315 g/mol. The van der Waals surface area contributed by atoms with Crippen molar-refractivity contribution in [2.45, 2.75) is 0 Å². The fourth-order valence-corrected chi connectivity index (χ4v) is 2.78. The molecule has 102 valence electrons. The van der Waals surface area contributed by atoms with Gasteiger partial charge in [0, 0.05) is 6.07 Å². The molecule has 14 heteroatoms. The Hall–Kier alpha value is -1.11. The van der Waals surface area contributed by atoms with Crippen LogP contribution in [0.1, 0.15) is 0 Å². The Kier molecular flexibility index (Phi) is 4.72. The summed E-state index contributed by atoms with van der Waals surface area (Å²) >= 11 is 0. The predicted octanol–water partition coefficient (Wildman–Crippen LogP) is -2.07. The number of hydrogen-bond donors (Lipinski definition) is 0. The lowest BCUT2D eigenvalue weighted by molar-refractivity contribution is -0.859. The van der Waals surface area contributed by atoms with E-state index in [0.717, 1.165) is 12.5 Å². The molecule has 1 aromatic rings. The second-order valence-corrected chi connectivity index (χ2v) is 6.04. The zero-order valence-corrected chi connectivity index (χ0v) is 10.8. The van der Waals surface area contributed by atoms with Crippen LogP contribution in [0.3, 0.4) is 0 Å². The van der Waals surface area contributed by atoms with Gasteiger partial charge in [0.05, 0.1) is 0 Å². The molecule has 0 amide bonds. The summed E-state index contributed by atoms with van der Waals surface area (Å²) in [5, 5.41) is 0. The lowest BCUT2D eigenvalue weighted by atomic mass is 10.7. The zero-order chi connectivity index (χ0) is 13.8. The molecule has 1 aromatic heterocycles. The van der Waals surface area contributed by atoms with Crippen molar-refractivity contribution in [3.8, 4) is 0 Å². The first-order valence-corrected chi connectivity index (χ1v) is 7.72. The summed E-state index contributed by atoms with van der Waals surface area (Å²) < 4.78 is 74.5. The van der Waals surface area contributed by atoms with Crippen LogP contribution in [0.2, 0.25) is 0 Å². The van der Waals surface area contributed by atoms with Crippen LogP contribution in [0, 0.1) is 0 Å². The SMILES string of the molecule is O=[PH](OS(=O)(=O)[O-])OS(=O)(=O)O[n+]1cccnc1. The van der Waals surface area contributed by atoms with Gasteiger partial charge in [0.1, 0.15) is 12.4 Å². The maximum atomic E-state index is 11.1. The van der Waals surface area contributed by atoms with E-state index in [0.29, 0.717) is 4.73 Å². The van der Waals surface area contributed by atoms with Crippen LogP contribution in [0.5, 0.6) is 0 Å². The van der Waals surface area contributed by atoms with E-state index in [2.05, 4.69) is 17.2 Å². The number of nitrogens with zero attached hydrogens (tertiary/aromatic N) is 2. The summed E-state index contributed by atoms with van der Waals surface area (Å²) in [6, 6.07) is 1.30. The summed E-state index contributed by atoms with van der Waals surface area (Å²) in [4.78, 5) is 3.48. The Bertz CT molecular complexity index is 626. The molecule has 0 fully saturated rings. The molecule has 1 atom stereocenters. The second kappa shape index (κ2) is 5.69. The maximum Gasteiger partial charge on any atom is 0.492 e. The fraction of sp³-hybridized carbons (Fsp3) is 0. The number of rotatable bonds is 6. The highest BCUT2D eigenvalue weighted by Crippen LogP contribution is 2.28. The topological polar surface area (TPSA) is 153 Å². The van der Waals surface area contributed by atoms with Crippen molar-refractivity contribution in [3.63, 3.8) is 0 Å². The summed E-state index contributed by atoms with van der Waals surface area (Å²) in [6.07, 6.45) is 3.34. The second-order valence-electron chi connectivity index (χ2n) is 2.42. The van der Waals surface area contributed by atoms with Gasteiger partial charge in [-0.3, -0.25) is 4.57 Å². The fourth-order valence-electron chi connectivity index (χ4n) is 0.661. The standard InChI is InChI=1S/C4H5N2O9PS2/c7-16(14-17(8,9)10)15-18(11,12)13-6-3-1-2-5-4-6/h1-4,16H. The van der Waals surface area contributed by atoms with Gasteiger partial charge in [-0.25, -0.2) is 8.42 Å². The van der Waals surface area contributed by atoms with Crippen LogP contribution in [0.4, 0.5) is 0 Å². The molecule has 1 heterocycles. The Labute approximate surface area is 102 Å². The first-order chi connectivity index (χ1) is 8.18. The van der Waals surface area contributed by atoms with E-state index in [9.17, 15) is 26.0 Å². The van der Waals surface area contributed by atoms with Crippen molar-refractivity contribution in [1.82, 2.24) is 4.98 Å². The Morgan fingerprint density at radius 3 is 2.39 bits per heavy atom. The Morgan fingerprint density at radius 1 is 1.22 bits per heavy atom. The largest absolute Gasteiger partial charge is 0.725 e. The van der Waals surface area contributed by atoms with Gasteiger partial charge >= 0.3 is 25.0 Å². The van der Waals surface area contributed by atoms with Crippen molar-refractivity contribution in [2.24, 2.45) is 0 Å². The van der Waals surface area contributed by atoms with Crippen LogP contribution in [-0.4, -0.2) is 26.4 Å². The van der Waals surface area contributed by atoms with Crippen LogP contribution in [0.15, 0.2) is 24.8 Å². The van der Waals surface area contributed by atoms with Gasteiger partial charge in [-0.1, -0.05) is 4.98 Å². The van der Waals surface area contributed by atoms with Crippen LogP contribution in [-0.2, 0) is 33.3 Å². The highest BCUT2D eigenvalue weighted by molar-refractivity contribution is 7.88. The van der Waals surface area contributed by atoms with Crippen molar-refractivity contribution < 1.29 is 42.9 Å². The molecule has 11 nitrogen and oxygen atoms in total. The molecule has 0 bridgehead atoms. The average Bonchev–Trinajstić information content (AvgIpc) is 2.13. The highest BCUT2D eigenvalue weighted by Gasteiger charge is 2.23. The molecule has 0 aromatic carbocycles. The predicted molar refractivity (Wildman–Crippen MR) is 50.8 cm³/mol. The minimum atomic E-state index is -5.35. The van der Waals surface area contributed by atoms with E-state index in [1.54, 1.807) is 0 Å². The summed E-state index contributed by atoms with van der Waals surface area (Å²) in [5.74, 6) is 0. The third-order valence-corrected chi connectivity index (χ3v) is 4.18. The maximum absolute atomic E-state index is 11.1. The molecule has 0 radical (unpaired) electrons. The number of aromatic nitrogens is 2. The average molecular weight is 320 g/mol. The van der Waals surface area contributed by atoms with Crippen LogP contribution < -0.4 is 9.01 Å². The third-order valence-electron chi connectivity index (χ3n) is 1.10. The first-order valence-electron chi connectivity index (χ1n) is 3.83. The molecule has 18 heavy (non-hydrogen) atoms. The molecule has 0 saturated carbocycles. The van der Waals surface area contributed by atoms with Gasteiger partial charge in [0.2, 0.25) is 10.4 Å². The minimum Gasteiger partial charge on any atom is -0.725 e. The van der Waals surface area contributed by atoms with Crippen LogP contribution in [0.25, 0.3) is 0 Å². The van der Waals surface area contributed by atoms with Gasteiger partial charge in [-0.15, -0.1) is 0 Å². The molecule has 0 aliphatic heterocycles. The van der Waals surface area contributed by atoms with Crippen LogP contribution >= 0.6 is 8.25 Å². The van der Waals surface area contributed by atoms with Crippen molar-refractivity contribution in [2.75, 3.05) is 0 Å². The Balaban J connectivity index is 2.69. The molecule has 1 rings (SSSR count). The first kappa shape index (κ1) is 14.9. The highest BCUT2D eigenvalue weighted by atomic mass is 32.3. The van der Waals surface area contributed by atoms with E-state index in [-0.39, 0.29) is 0 Å². The molecule has 0 aliphatic carbocycles. The zero-order valence-electron chi connectivity index (χ0n) is 8.19. The summed E-state index contributed by atoms with van der Waals surface area (Å²) in [5.41, 5.74) is 0. The van der Waals surface area contributed by atoms with E-state index < -0.39 is 29.1 Å². The molecule has 0 spiro atoms. The van der Waals surface area contributed by atoms with Crippen molar-refractivity contribution in [1.29, 1.82) is 0 Å².